The lowest BCUT2D eigenvalue weighted by atomic mass is 10.1. The number of rotatable bonds is 8. The third-order valence-corrected chi connectivity index (χ3v) is 8.25. The Morgan fingerprint density at radius 2 is 1.90 bits per heavy atom. The van der Waals surface area contributed by atoms with Gasteiger partial charge in [-0.25, -0.2) is 17.8 Å². The van der Waals surface area contributed by atoms with E-state index in [4.69, 9.17) is 13.9 Å². The van der Waals surface area contributed by atoms with Crippen LogP contribution in [-0.2, 0) is 10.0 Å². The first-order valence-electron chi connectivity index (χ1n) is 12.4. The van der Waals surface area contributed by atoms with Gasteiger partial charge in [-0.3, -0.25) is 9.29 Å². The highest BCUT2D eigenvalue weighted by atomic mass is 32.2. The molecule has 1 fully saturated rings. The molecular weight excluding hydrogens is 557 g/mol. The molecule has 41 heavy (non-hydrogen) atoms. The van der Waals surface area contributed by atoms with Gasteiger partial charge in [-0.05, 0) is 43.7 Å². The van der Waals surface area contributed by atoms with Gasteiger partial charge in [0.15, 0.2) is 5.76 Å². The summed E-state index contributed by atoms with van der Waals surface area (Å²) < 4.78 is 62.0. The molecule has 3 aromatic heterocycles. The van der Waals surface area contributed by atoms with Gasteiger partial charge in [0.25, 0.3) is 0 Å². The van der Waals surface area contributed by atoms with E-state index in [-0.39, 0.29) is 42.7 Å². The Morgan fingerprint density at radius 1 is 1.17 bits per heavy atom. The highest BCUT2D eigenvalue weighted by Gasteiger charge is 2.38. The number of β-amino-alcohol motifs (C(OH)–C–C–N with tert-alkyl or cyclic N) is 1. The largest absolute Gasteiger partial charge is 0.494 e. The van der Waals surface area contributed by atoms with Gasteiger partial charge < -0.3 is 23.9 Å². The second-order valence-electron chi connectivity index (χ2n) is 9.30. The maximum Gasteiger partial charge on any atom is 0.243 e. The molecule has 0 unspecified atom stereocenters. The summed E-state index contributed by atoms with van der Waals surface area (Å²) in [5.41, 5.74) is 0.244. The van der Waals surface area contributed by atoms with Gasteiger partial charge >= 0.3 is 0 Å². The van der Waals surface area contributed by atoms with Crippen LogP contribution in [0.5, 0.6) is 11.5 Å². The van der Waals surface area contributed by atoms with E-state index in [9.17, 15) is 23.2 Å². The minimum absolute atomic E-state index is 0.00984. The Morgan fingerprint density at radius 3 is 2.54 bits per heavy atom. The number of pyridine rings is 1. The van der Waals surface area contributed by atoms with Crippen molar-refractivity contribution in [1.29, 1.82) is 5.26 Å². The number of hydrogen-bond acceptors (Lipinski definition) is 11. The molecule has 0 bridgehead atoms. The highest BCUT2D eigenvalue weighted by Crippen LogP contribution is 2.38. The molecular formula is C26H26FN7O6S. The van der Waals surface area contributed by atoms with Gasteiger partial charge in [0.05, 0.1) is 32.1 Å². The smallest absolute Gasteiger partial charge is 0.243 e. The zero-order valence-corrected chi connectivity index (χ0v) is 23.1. The Hall–Kier alpha value is -4.68. The summed E-state index contributed by atoms with van der Waals surface area (Å²) in [6, 6.07) is 11.3. The van der Waals surface area contributed by atoms with E-state index in [1.807, 2.05) is 6.07 Å². The number of aromatic nitrogens is 4. The molecule has 13 nitrogen and oxygen atoms in total. The molecule has 1 aliphatic heterocycles. The van der Waals surface area contributed by atoms with Crippen LogP contribution in [0.15, 0.2) is 47.0 Å². The molecule has 0 radical (unpaired) electrons. The van der Waals surface area contributed by atoms with E-state index >= 15 is 0 Å². The van der Waals surface area contributed by atoms with Crippen LogP contribution in [0.1, 0.15) is 17.7 Å². The van der Waals surface area contributed by atoms with Gasteiger partial charge in [-0.2, -0.15) is 5.26 Å². The number of aliphatic hydroxyl groups excluding tert-OH is 1. The number of nitriles is 1. The number of aryl methyl sites for hydroxylation is 1. The fourth-order valence-corrected chi connectivity index (χ4v) is 6.14. The second kappa shape index (κ2) is 11.1. The number of ether oxygens (including phenoxy) is 2. The maximum absolute atomic E-state index is 13.8. The average Bonchev–Trinajstić information content (AvgIpc) is 3.57. The molecule has 15 heteroatoms. The third-order valence-electron chi connectivity index (χ3n) is 6.56. The minimum Gasteiger partial charge on any atom is -0.494 e. The number of aliphatic hydroxyl groups is 1. The van der Waals surface area contributed by atoms with Crippen molar-refractivity contribution in [2.24, 2.45) is 0 Å². The number of sulfonamides is 1. The van der Waals surface area contributed by atoms with Crippen molar-refractivity contribution in [2.45, 2.75) is 24.7 Å². The summed E-state index contributed by atoms with van der Waals surface area (Å²) in [6.07, 6.45) is -0.247. The van der Waals surface area contributed by atoms with Crippen LogP contribution >= 0.6 is 0 Å². The van der Waals surface area contributed by atoms with Crippen LogP contribution in [0.2, 0.25) is 0 Å². The molecule has 5 rings (SSSR count). The summed E-state index contributed by atoms with van der Waals surface area (Å²) in [7, 11) is -1.33. The number of hydrogen-bond donors (Lipinski definition) is 2. The summed E-state index contributed by atoms with van der Waals surface area (Å²) in [6.45, 7) is 1.64. The summed E-state index contributed by atoms with van der Waals surface area (Å²) in [5, 5.41) is 27.2. The normalized spacial score (nSPS) is 17.2. The number of nitrogens with zero attached hydrogens (tertiary/aromatic N) is 6. The van der Waals surface area contributed by atoms with Crippen molar-refractivity contribution in [3.8, 4) is 34.8 Å². The summed E-state index contributed by atoms with van der Waals surface area (Å²) in [5.74, 6) is 0.983. The summed E-state index contributed by atoms with van der Waals surface area (Å²) >= 11 is 0. The first-order valence-corrected chi connectivity index (χ1v) is 13.9. The number of piperidine rings is 1. The standard InChI is InChI=1S/C26H26FN7O6S/c1-15-7-8-22(40-15)25-30-31-26(34(25)23-20(38-2)5-4-6-21(23)39-3)32-41(36,37)19-10-18(35)13-33(14-19)24-16(11-28)9-17(27)12-29-24/h4-9,12,18-19,35H,10,13-14H2,1-3H3,(H,31,32)/t18-,19+/m1/s1. The number of anilines is 2. The van der Waals surface area contributed by atoms with Crippen molar-refractivity contribution in [3.63, 3.8) is 0 Å². The fraction of sp³-hybridized carbons (Fsp3) is 0.308. The van der Waals surface area contributed by atoms with Crippen LogP contribution in [-0.4, -0.2) is 71.9 Å². The first-order chi connectivity index (χ1) is 19.6. The van der Waals surface area contributed by atoms with E-state index in [1.54, 1.807) is 37.3 Å². The van der Waals surface area contributed by atoms with E-state index in [0.717, 1.165) is 12.3 Å². The van der Waals surface area contributed by atoms with Crippen molar-refractivity contribution < 1.29 is 31.8 Å². The molecule has 1 aliphatic rings. The van der Waals surface area contributed by atoms with Crippen LogP contribution in [0.3, 0.4) is 0 Å². The number of benzene rings is 1. The van der Waals surface area contributed by atoms with Gasteiger partial charge in [0.1, 0.15) is 45.9 Å². The van der Waals surface area contributed by atoms with Crippen LogP contribution in [0, 0.1) is 24.1 Å². The third kappa shape index (κ3) is 5.39. The highest BCUT2D eigenvalue weighted by molar-refractivity contribution is 7.93. The Kier molecular flexibility index (Phi) is 7.52. The predicted octanol–water partition coefficient (Wildman–Crippen LogP) is 2.64. The molecule has 4 heterocycles. The summed E-state index contributed by atoms with van der Waals surface area (Å²) in [4.78, 5) is 5.42. The van der Waals surface area contributed by atoms with E-state index in [0.29, 0.717) is 28.7 Å². The molecule has 214 valence electrons. The van der Waals surface area contributed by atoms with E-state index < -0.39 is 27.2 Å². The number of nitrogens with one attached hydrogen (secondary N) is 1. The molecule has 1 aromatic carbocycles. The lowest BCUT2D eigenvalue weighted by Gasteiger charge is -2.36. The zero-order chi connectivity index (χ0) is 29.3. The zero-order valence-electron chi connectivity index (χ0n) is 22.3. The van der Waals surface area contributed by atoms with Crippen molar-refractivity contribution >= 4 is 21.8 Å². The van der Waals surface area contributed by atoms with Crippen LogP contribution in [0.25, 0.3) is 17.3 Å². The molecule has 0 spiro atoms. The number of para-hydroxylation sites is 1. The van der Waals surface area contributed by atoms with Gasteiger partial charge in [-0.1, -0.05) is 6.07 Å². The van der Waals surface area contributed by atoms with Gasteiger partial charge in [0.2, 0.25) is 21.8 Å². The molecule has 2 atom stereocenters. The molecule has 2 N–H and O–H groups in total. The topological polar surface area (TPSA) is 169 Å². The predicted molar refractivity (Wildman–Crippen MR) is 145 cm³/mol. The molecule has 0 amide bonds. The van der Waals surface area contributed by atoms with Crippen molar-refractivity contribution in [1.82, 2.24) is 19.7 Å². The molecule has 1 saturated heterocycles. The number of furan rings is 1. The van der Waals surface area contributed by atoms with E-state index in [2.05, 4.69) is 19.9 Å². The quantitative estimate of drug-likeness (QED) is 0.313. The molecule has 4 aromatic rings. The van der Waals surface area contributed by atoms with Gasteiger partial charge in [-0.15, -0.1) is 10.2 Å². The number of halogens is 1. The lowest BCUT2D eigenvalue weighted by molar-refractivity contribution is 0.155. The molecule has 0 saturated carbocycles. The van der Waals surface area contributed by atoms with Crippen molar-refractivity contribution in [3.05, 3.63) is 59.7 Å². The molecule has 0 aliphatic carbocycles. The first kappa shape index (κ1) is 27.9. The Bertz CT molecular complexity index is 1710. The maximum atomic E-state index is 13.8. The second-order valence-corrected chi connectivity index (χ2v) is 11.3. The average molecular weight is 584 g/mol. The van der Waals surface area contributed by atoms with Crippen LogP contribution < -0.4 is 19.1 Å². The van der Waals surface area contributed by atoms with E-state index in [1.165, 1.54) is 23.7 Å². The Labute approximate surface area is 234 Å². The minimum atomic E-state index is -4.24. The SMILES string of the molecule is COc1cccc(OC)c1-n1c(NS(=O)(=O)[C@H]2C[C@@H](O)CN(c3ncc(F)cc3C#N)C2)nnc1-c1ccc(C)o1. The number of methoxy groups -OCH3 is 2. The Balaban J connectivity index is 1.56. The lowest BCUT2D eigenvalue weighted by Crippen LogP contribution is -2.50. The van der Waals surface area contributed by atoms with Crippen molar-refractivity contribution in [2.75, 3.05) is 36.9 Å². The van der Waals surface area contributed by atoms with Crippen LogP contribution in [0.4, 0.5) is 16.2 Å². The monoisotopic (exact) mass is 583 g/mol. The van der Waals surface area contributed by atoms with Gasteiger partial charge in [0, 0.05) is 13.1 Å². The fourth-order valence-electron chi connectivity index (χ4n) is 4.73.